The van der Waals surface area contributed by atoms with Crippen molar-refractivity contribution in [2.75, 3.05) is 19.5 Å². The summed E-state index contributed by atoms with van der Waals surface area (Å²) in [7, 11) is 5.07. The number of aryl methyl sites for hydroxylation is 2. The van der Waals surface area contributed by atoms with Gasteiger partial charge in [-0.05, 0) is 37.1 Å². The van der Waals surface area contributed by atoms with Crippen molar-refractivity contribution in [2.24, 2.45) is 13.0 Å². The van der Waals surface area contributed by atoms with E-state index < -0.39 is 0 Å². The number of carbonyl (C=O) groups excluding carboxylic acids is 1. The van der Waals surface area contributed by atoms with Gasteiger partial charge in [-0.25, -0.2) is 4.98 Å². The molecular weight excluding hydrogens is 370 g/mol. The van der Waals surface area contributed by atoms with E-state index in [1.807, 2.05) is 31.3 Å². The molecular formula is C21H23N5O3. The molecule has 0 fully saturated rings. The summed E-state index contributed by atoms with van der Waals surface area (Å²) in [6.45, 7) is 0. The highest BCUT2D eigenvalue weighted by Crippen LogP contribution is 2.30. The number of hydrogen-bond donors (Lipinski definition) is 1. The maximum atomic E-state index is 12.8. The number of carbonyl (C=O) groups is 1. The molecule has 29 heavy (non-hydrogen) atoms. The second-order valence-electron chi connectivity index (χ2n) is 7.04. The lowest BCUT2D eigenvalue weighted by atomic mass is 9.89. The first-order chi connectivity index (χ1) is 14.1. The van der Waals surface area contributed by atoms with Crippen LogP contribution in [0.4, 0.5) is 5.82 Å². The summed E-state index contributed by atoms with van der Waals surface area (Å²) in [5, 5.41) is 11.2. The van der Waals surface area contributed by atoms with Crippen LogP contribution in [0, 0.1) is 5.92 Å². The minimum absolute atomic E-state index is 0.0373. The molecule has 3 aromatic rings. The summed E-state index contributed by atoms with van der Waals surface area (Å²) in [5.41, 5.74) is 3.59. The fourth-order valence-corrected chi connectivity index (χ4v) is 3.58. The molecule has 1 aromatic carbocycles. The van der Waals surface area contributed by atoms with Crippen molar-refractivity contribution in [3.05, 3.63) is 47.8 Å². The van der Waals surface area contributed by atoms with E-state index in [0.717, 1.165) is 35.5 Å². The molecule has 8 heteroatoms. The van der Waals surface area contributed by atoms with Gasteiger partial charge in [-0.15, -0.1) is 5.10 Å². The Balaban J connectivity index is 1.52. The van der Waals surface area contributed by atoms with Gasteiger partial charge in [-0.3, -0.25) is 9.48 Å². The summed E-state index contributed by atoms with van der Waals surface area (Å²) in [5.74, 6) is 1.71. The van der Waals surface area contributed by atoms with Crippen LogP contribution in [0.3, 0.4) is 0 Å². The molecule has 0 bridgehead atoms. The van der Waals surface area contributed by atoms with Crippen LogP contribution in [-0.2, 0) is 24.7 Å². The number of nitrogens with zero attached hydrogens (tertiary/aromatic N) is 4. The summed E-state index contributed by atoms with van der Waals surface area (Å²) in [6.07, 6.45) is 2.15. The molecule has 150 valence electrons. The first-order valence-corrected chi connectivity index (χ1v) is 9.46. The molecule has 0 saturated carbocycles. The highest BCUT2D eigenvalue weighted by Gasteiger charge is 2.28. The zero-order valence-corrected chi connectivity index (χ0v) is 16.7. The number of pyridine rings is 1. The molecule has 0 radical (unpaired) electrons. The van der Waals surface area contributed by atoms with E-state index in [1.165, 1.54) is 0 Å². The van der Waals surface area contributed by atoms with Gasteiger partial charge in [0.05, 0.1) is 31.3 Å². The number of nitrogens with one attached hydrogen (secondary N) is 1. The Morgan fingerprint density at radius 1 is 1.17 bits per heavy atom. The van der Waals surface area contributed by atoms with Crippen LogP contribution in [0.2, 0.25) is 0 Å². The van der Waals surface area contributed by atoms with Crippen LogP contribution in [0.15, 0.2) is 36.4 Å². The third-order valence-electron chi connectivity index (χ3n) is 5.21. The molecule has 1 aliphatic carbocycles. The largest absolute Gasteiger partial charge is 0.497 e. The number of ether oxygens (including phenoxy) is 2. The van der Waals surface area contributed by atoms with Crippen LogP contribution in [0.5, 0.6) is 11.5 Å². The Bertz CT molecular complexity index is 1020. The quantitative estimate of drug-likeness (QED) is 0.717. The smallest absolute Gasteiger partial charge is 0.229 e. The average molecular weight is 393 g/mol. The Morgan fingerprint density at radius 2 is 1.93 bits per heavy atom. The van der Waals surface area contributed by atoms with Gasteiger partial charge in [0.2, 0.25) is 5.91 Å². The van der Waals surface area contributed by atoms with Gasteiger partial charge in [-0.2, -0.15) is 0 Å². The molecule has 1 atom stereocenters. The molecule has 1 N–H and O–H groups in total. The third kappa shape index (κ3) is 3.91. The molecule has 1 amide bonds. The van der Waals surface area contributed by atoms with Crippen LogP contribution in [-0.4, -0.2) is 40.1 Å². The Labute approximate surface area is 168 Å². The minimum atomic E-state index is -0.123. The van der Waals surface area contributed by atoms with E-state index >= 15 is 0 Å². The Kier molecular flexibility index (Phi) is 5.16. The molecule has 1 unspecified atom stereocenters. The first kappa shape index (κ1) is 18.9. The maximum absolute atomic E-state index is 12.8. The number of fused-ring (bicyclic) bond motifs is 1. The zero-order chi connectivity index (χ0) is 20.4. The van der Waals surface area contributed by atoms with E-state index in [9.17, 15) is 4.79 Å². The second kappa shape index (κ2) is 7.90. The lowest BCUT2D eigenvalue weighted by Gasteiger charge is -2.21. The van der Waals surface area contributed by atoms with Crippen LogP contribution >= 0.6 is 0 Å². The van der Waals surface area contributed by atoms with E-state index in [-0.39, 0.29) is 11.8 Å². The number of benzene rings is 1. The standard InChI is InChI=1S/C21H23N5O3/c1-26-19-11-13(7-8-18(19)24-25-26)21(27)23-20-6-4-5-17(22-20)14-9-15(28-2)12-16(10-14)29-3/h4-6,9-10,12-13H,7-8,11H2,1-3H3,(H,22,23,27). The van der Waals surface area contributed by atoms with Crippen LogP contribution in [0.1, 0.15) is 17.8 Å². The van der Waals surface area contributed by atoms with E-state index in [0.29, 0.717) is 23.7 Å². The summed E-state index contributed by atoms with van der Waals surface area (Å²) >= 11 is 0. The topological polar surface area (TPSA) is 91.2 Å². The second-order valence-corrected chi connectivity index (χ2v) is 7.04. The fourth-order valence-electron chi connectivity index (χ4n) is 3.58. The van der Waals surface area contributed by atoms with Crippen molar-refractivity contribution < 1.29 is 14.3 Å². The summed E-state index contributed by atoms with van der Waals surface area (Å²) < 4.78 is 12.4. The van der Waals surface area contributed by atoms with Gasteiger partial charge >= 0.3 is 0 Å². The van der Waals surface area contributed by atoms with Gasteiger partial charge in [0.25, 0.3) is 0 Å². The van der Waals surface area contributed by atoms with Crippen molar-refractivity contribution in [1.82, 2.24) is 20.0 Å². The number of rotatable bonds is 5. The summed E-state index contributed by atoms with van der Waals surface area (Å²) in [4.78, 5) is 17.4. The highest BCUT2D eigenvalue weighted by molar-refractivity contribution is 5.92. The molecule has 1 aliphatic rings. The van der Waals surface area contributed by atoms with Gasteiger partial charge < -0.3 is 14.8 Å². The molecule has 4 rings (SSSR count). The number of methoxy groups -OCH3 is 2. The third-order valence-corrected chi connectivity index (χ3v) is 5.21. The lowest BCUT2D eigenvalue weighted by Crippen LogP contribution is -2.29. The molecule has 2 heterocycles. The maximum Gasteiger partial charge on any atom is 0.229 e. The predicted molar refractivity (Wildman–Crippen MR) is 108 cm³/mol. The van der Waals surface area contributed by atoms with Gasteiger partial charge in [0.1, 0.15) is 17.3 Å². The van der Waals surface area contributed by atoms with Gasteiger partial charge in [-0.1, -0.05) is 11.3 Å². The Morgan fingerprint density at radius 3 is 2.66 bits per heavy atom. The number of aromatic nitrogens is 4. The van der Waals surface area contributed by atoms with E-state index in [4.69, 9.17) is 9.47 Å². The number of amides is 1. The molecule has 2 aromatic heterocycles. The number of anilines is 1. The average Bonchev–Trinajstić information content (AvgIpc) is 3.13. The van der Waals surface area contributed by atoms with E-state index in [1.54, 1.807) is 31.0 Å². The molecule has 0 saturated heterocycles. The van der Waals surface area contributed by atoms with Crippen molar-refractivity contribution in [3.8, 4) is 22.8 Å². The van der Waals surface area contributed by atoms with Gasteiger partial charge in [0, 0.05) is 31.0 Å². The van der Waals surface area contributed by atoms with Crippen molar-refractivity contribution in [3.63, 3.8) is 0 Å². The molecule has 8 nitrogen and oxygen atoms in total. The summed E-state index contributed by atoms with van der Waals surface area (Å²) in [6, 6.07) is 11.1. The number of hydrogen-bond acceptors (Lipinski definition) is 6. The van der Waals surface area contributed by atoms with Crippen molar-refractivity contribution in [1.29, 1.82) is 0 Å². The van der Waals surface area contributed by atoms with E-state index in [2.05, 4.69) is 20.6 Å². The van der Waals surface area contributed by atoms with Gasteiger partial charge in [0.15, 0.2) is 0 Å². The predicted octanol–water partition coefficient (Wildman–Crippen LogP) is 2.64. The van der Waals surface area contributed by atoms with Crippen LogP contribution in [0.25, 0.3) is 11.3 Å². The SMILES string of the molecule is COc1cc(OC)cc(-c2cccc(NC(=O)C3CCc4nnn(C)c4C3)n2)c1. The lowest BCUT2D eigenvalue weighted by molar-refractivity contribution is -0.120. The van der Waals surface area contributed by atoms with Crippen molar-refractivity contribution >= 4 is 11.7 Å². The highest BCUT2D eigenvalue weighted by atomic mass is 16.5. The first-order valence-electron chi connectivity index (χ1n) is 9.46. The molecule has 0 spiro atoms. The van der Waals surface area contributed by atoms with Crippen molar-refractivity contribution in [2.45, 2.75) is 19.3 Å². The zero-order valence-electron chi connectivity index (χ0n) is 16.7. The van der Waals surface area contributed by atoms with Crippen LogP contribution < -0.4 is 14.8 Å². The monoisotopic (exact) mass is 393 g/mol. The Hall–Kier alpha value is -3.42. The minimum Gasteiger partial charge on any atom is -0.497 e. The fraction of sp³-hybridized carbons (Fsp3) is 0.333. The molecule has 0 aliphatic heterocycles. The normalized spacial score (nSPS) is 15.5.